The maximum absolute atomic E-state index is 5.74. The molecular formula is C33H57N8O3+. The van der Waals surface area contributed by atoms with Gasteiger partial charge in [0.2, 0.25) is 6.34 Å². The van der Waals surface area contributed by atoms with E-state index in [9.17, 15) is 0 Å². The molecule has 3 heterocycles. The van der Waals surface area contributed by atoms with Crippen molar-refractivity contribution in [1.82, 2.24) is 34.9 Å². The molecule has 44 heavy (non-hydrogen) atoms. The molecule has 2 aromatic rings. The van der Waals surface area contributed by atoms with E-state index in [1.165, 1.54) is 12.8 Å². The van der Waals surface area contributed by atoms with E-state index in [0.29, 0.717) is 87.2 Å². The Morgan fingerprint density at radius 3 is 1.93 bits per heavy atom. The van der Waals surface area contributed by atoms with Crippen molar-refractivity contribution in [3.05, 3.63) is 23.8 Å². The van der Waals surface area contributed by atoms with Gasteiger partial charge in [-0.25, -0.2) is 4.68 Å². The Labute approximate surface area is 264 Å². The lowest BCUT2D eigenvalue weighted by molar-refractivity contribution is -0.573. The van der Waals surface area contributed by atoms with Crippen LogP contribution in [0.2, 0.25) is 0 Å². The highest BCUT2D eigenvalue weighted by atomic mass is 16.5. The molecule has 0 spiro atoms. The molecule has 11 nitrogen and oxygen atoms in total. The second-order valence-corrected chi connectivity index (χ2v) is 13.9. The van der Waals surface area contributed by atoms with E-state index in [4.69, 9.17) is 14.2 Å². The topological polar surface area (TPSA) is 95.4 Å². The van der Waals surface area contributed by atoms with Gasteiger partial charge >= 0.3 is 0 Å². The van der Waals surface area contributed by atoms with Crippen molar-refractivity contribution < 1.29 is 18.8 Å². The summed E-state index contributed by atoms with van der Waals surface area (Å²) in [5.74, 6) is 3.44. The molecule has 1 aliphatic heterocycles. The van der Waals surface area contributed by atoms with Crippen LogP contribution >= 0.6 is 0 Å². The molecule has 11 heteroatoms. The van der Waals surface area contributed by atoms with Gasteiger partial charge in [0.15, 0.2) is 0 Å². The summed E-state index contributed by atoms with van der Waals surface area (Å²) in [5.41, 5.74) is 2.29. The largest absolute Gasteiger partial charge is 0.379 e. The van der Waals surface area contributed by atoms with E-state index in [0.717, 1.165) is 50.3 Å². The number of ether oxygens (including phenoxy) is 3. The fourth-order valence-electron chi connectivity index (χ4n) is 8.45. The number of nitrogens with zero attached hydrogens (tertiary/aromatic N) is 8. The van der Waals surface area contributed by atoms with Crippen molar-refractivity contribution in [1.29, 1.82) is 0 Å². The molecular weight excluding hydrogens is 556 g/mol. The molecule has 5 rings (SSSR count). The van der Waals surface area contributed by atoms with E-state index in [1.54, 1.807) is 0 Å². The first-order valence-corrected chi connectivity index (χ1v) is 17.2. The Hall–Kier alpha value is -2.37. The lowest BCUT2D eigenvalue weighted by Gasteiger charge is -2.39. The molecule has 2 aliphatic carbocycles. The SMILES string of the molecule is CCCOCCOCCOCCn1cc(C2CC(C)C([N+]3=CN(C4C(C)CC(c5cn(C)nn5)CC4C)CC3)C(C)C2)nn1. The fraction of sp³-hybridized carbons (Fsp3) is 0.848. The molecule has 4 atom stereocenters. The first kappa shape index (κ1) is 33.0. The summed E-state index contributed by atoms with van der Waals surface area (Å²) in [6.07, 6.45) is 12.5. The third-order valence-corrected chi connectivity index (χ3v) is 10.2. The van der Waals surface area contributed by atoms with Crippen molar-refractivity contribution in [3.63, 3.8) is 0 Å². The highest BCUT2D eigenvalue weighted by Crippen LogP contribution is 2.43. The molecule has 3 aliphatic rings. The van der Waals surface area contributed by atoms with E-state index in [2.05, 4.69) is 83.5 Å². The Morgan fingerprint density at radius 2 is 1.32 bits per heavy atom. The molecule has 0 saturated heterocycles. The van der Waals surface area contributed by atoms with Crippen LogP contribution < -0.4 is 0 Å². The third-order valence-electron chi connectivity index (χ3n) is 10.2. The molecule has 0 bridgehead atoms. The van der Waals surface area contributed by atoms with Gasteiger partial charge in [-0.1, -0.05) is 45.0 Å². The van der Waals surface area contributed by atoms with Crippen LogP contribution in [-0.4, -0.2) is 111 Å². The molecule has 0 N–H and O–H groups in total. The molecule has 246 valence electrons. The molecule has 0 radical (unpaired) electrons. The zero-order valence-electron chi connectivity index (χ0n) is 28.1. The molecule has 0 aromatic carbocycles. The predicted octanol–water partition coefficient (Wildman–Crippen LogP) is 3.96. The number of rotatable bonds is 15. The Bertz CT molecular complexity index is 1160. The van der Waals surface area contributed by atoms with Gasteiger partial charge in [0.1, 0.15) is 25.2 Å². The number of hydrogen-bond donors (Lipinski definition) is 0. The van der Waals surface area contributed by atoms with Crippen LogP contribution in [0.3, 0.4) is 0 Å². The average Bonchev–Trinajstić information content (AvgIpc) is 3.75. The molecule has 2 aromatic heterocycles. The summed E-state index contributed by atoms with van der Waals surface area (Å²) in [4.78, 5) is 2.68. The molecule has 2 fully saturated rings. The lowest BCUT2D eigenvalue weighted by Crippen LogP contribution is -2.46. The first-order chi connectivity index (χ1) is 21.3. The molecule has 4 unspecified atom stereocenters. The highest BCUT2D eigenvalue weighted by Gasteiger charge is 2.45. The summed E-state index contributed by atoms with van der Waals surface area (Å²) in [6.45, 7) is 18.7. The molecule has 2 saturated carbocycles. The van der Waals surface area contributed by atoms with Crippen molar-refractivity contribution in [2.75, 3.05) is 52.7 Å². The van der Waals surface area contributed by atoms with E-state index in [-0.39, 0.29) is 0 Å². The number of aryl methyl sites for hydroxylation is 1. The summed E-state index contributed by atoms with van der Waals surface area (Å²) < 4.78 is 23.2. The van der Waals surface area contributed by atoms with Gasteiger partial charge in [-0.3, -0.25) is 14.2 Å². The lowest BCUT2D eigenvalue weighted by atomic mass is 9.71. The minimum absolute atomic E-state index is 0.462. The van der Waals surface area contributed by atoms with Gasteiger partial charge in [0.25, 0.3) is 0 Å². The Morgan fingerprint density at radius 1 is 0.750 bits per heavy atom. The van der Waals surface area contributed by atoms with Crippen LogP contribution in [0.15, 0.2) is 12.4 Å². The van der Waals surface area contributed by atoms with E-state index < -0.39 is 0 Å². The maximum Gasteiger partial charge on any atom is 0.234 e. The van der Waals surface area contributed by atoms with Crippen LogP contribution in [0.4, 0.5) is 0 Å². The zero-order chi connectivity index (χ0) is 31.1. The second-order valence-electron chi connectivity index (χ2n) is 13.9. The van der Waals surface area contributed by atoms with Gasteiger partial charge in [-0.15, -0.1) is 10.2 Å². The van der Waals surface area contributed by atoms with E-state index in [1.807, 2.05) is 16.4 Å². The maximum atomic E-state index is 5.74. The van der Waals surface area contributed by atoms with Crippen LogP contribution in [-0.2, 0) is 27.8 Å². The summed E-state index contributed by atoms with van der Waals surface area (Å²) >= 11 is 0. The average molecular weight is 614 g/mol. The number of hydrogen-bond acceptors (Lipinski definition) is 8. The smallest absolute Gasteiger partial charge is 0.234 e. The van der Waals surface area contributed by atoms with Crippen LogP contribution in [0.5, 0.6) is 0 Å². The van der Waals surface area contributed by atoms with Gasteiger partial charge < -0.3 is 14.2 Å². The minimum Gasteiger partial charge on any atom is -0.379 e. The van der Waals surface area contributed by atoms with Crippen LogP contribution in [0.25, 0.3) is 0 Å². The van der Waals surface area contributed by atoms with E-state index >= 15 is 0 Å². The quantitative estimate of drug-likeness (QED) is 0.220. The van der Waals surface area contributed by atoms with Crippen molar-refractivity contribution in [3.8, 4) is 0 Å². The monoisotopic (exact) mass is 613 g/mol. The summed E-state index contributed by atoms with van der Waals surface area (Å²) in [7, 11) is 1.96. The standard InChI is InChI=1S/C33H57N8O3/c1-7-11-42-13-15-44-16-14-43-12-10-41-22-31(35-37-41)29-19-26(4)33(27(5)20-29)40-9-8-39(23-40)32-24(2)17-28(18-25(32)3)30-21-38(6)36-34-30/h21-29,32-33H,7-20H2,1-6H3/q+1. The summed E-state index contributed by atoms with van der Waals surface area (Å²) in [5, 5.41) is 17.7. The predicted molar refractivity (Wildman–Crippen MR) is 170 cm³/mol. The normalized spacial score (nSPS) is 31.0. The van der Waals surface area contributed by atoms with Gasteiger partial charge in [0.05, 0.1) is 51.0 Å². The van der Waals surface area contributed by atoms with Crippen molar-refractivity contribution in [2.45, 2.75) is 97.2 Å². The summed E-state index contributed by atoms with van der Waals surface area (Å²) in [6, 6.07) is 1.16. The third kappa shape index (κ3) is 8.26. The Kier molecular flexibility index (Phi) is 11.8. The first-order valence-electron chi connectivity index (χ1n) is 17.2. The second kappa shape index (κ2) is 15.8. The van der Waals surface area contributed by atoms with Crippen molar-refractivity contribution in [2.24, 2.45) is 30.7 Å². The van der Waals surface area contributed by atoms with Gasteiger partial charge in [0, 0.05) is 37.9 Å². The highest BCUT2D eigenvalue weighted by molar-refractivity contribution is 5.51. The van der Waals surface area contributed by atoms with Crippen molar-refractivity contribution >= 4 is 6.34 Å². The van der Waals surface area contributed by atoms with Crippen LogP contribution in [0, 0.1) is 23.7 Å². The Balaban J connectivity index is 1.07. The van der Waals surface area contributed by atoms with Crippen LogP contribution in [0.1, 0.15) is 89.9 Å². The van der Waals surface area contributed by atoms with Gasteiger partial charge in [-0.2, -0.15) is 0 Å². The number of aromatic nitrogens is 6. The zero-order valence-corrected chi connectivity index (χ0v) is 28.1. The fourth-order valence-corrected chi connectivity index (χ4v) is 8.45. The molecule has 0 amide bonds. The minimum atomic E-state index is 0.462. The van der Waals surface area contributed by atoms with Gasteiger partial charge in [-0.05, 0) is 55.8 Å².